The third kappa shape index (κ3) is 2.62. The molecule has 7 nitrogen and oxygen atoms in total. The van der Waals surface area contributed by atoms with Gasteiger partial charge in [0.05, 0.1) is 5.60 Å². The lowest BCUT2D eigenvalue weighted by Crippen LogP contribution is -2.36. The summed E-state index contributed by atoms with van der Waals surface area (Å²) in [7, 11) is 0. The molecular weight excluding hydrogens is 310 g/mol. The molecule has 1 N–H and O–H groups in total. The summed E-state index contributed by atoms with van der Waals surface area (Å²) in [6, 6.07) is 10.5. The van der Waals surface area contributed by atoms with E-state index in [9.17, 15) is 10.0 Å². The van der Waals surface area contributed by atoms with Gasteiger partial charge in [0, 0.05) is 16.9 Å². The van der Waals surface area contributed by atoms with Gasteiger partial charge in [0.15, 0.2) is 0 Å². The second-order valence-corrected chi connectivity index (χ2v) is 6.09. The van der Waals surface area contributed by atoms with Crippen LogP contribution in [-0.4, -0.2) is 22.4 Å². The molecule has 1 aliphatic heterocycles. The number of carbonyl (C=O) groups is 1. The second-order valence-electron chi connectivity index (χ2n) is 6.09. The van der Waals surface area contributed by atoms with E-state index in [2.05, 4.69) is 0 Å². The maximum absolute atomic E-state index is 11.9. The van der Waals surface area contributed by atoms with Crippen LogP contribution < -0.4 is 5.06 Å². The van der Waals surface area contributed by atoms with Gasteiger partial charge in [0.1, 0.15) is 25.0 Å². The minimum Gasteiger partial charge on any atom is -0.757 e. The van der Waals surface area contributed by atoms with Gasteiger partial charge in [-0.2, -0.15) is 5.26 Å². The molecule has 1 aliphatic rings. The van der Waals surface area contributed by atoms with E-state index in [1.54, 1.807) is 24.3 Å². The van der Waals surface area contributed by atoms with Gasteiger partial charge < -0.3 is 24.7 Å². The van der Waals surface area contributed by atoms with Crippen LogP contribution in [0.3, 0.4) is 0 Å². The zero-order valence-corrected chi connectivity index (χ0v) is 13.3. The summed E-state index contributed by atoms with van der Waals surface area (Å²) >= 11 is 0. The number of aromatic nitrogens is 1. The zero-order valence-electron chi connectivity index (χ0n) is 13.3. The summed E-state index contributed by atoms with van der Waals surface area (Å²) in [6.45, 7) is 3.41. The Labute approximate surface area is 138 Å². The number of hydrogen-bond acceptors (Lipinski definition) is 5. The average Bonchev–Trinajstić information content (AvgIpc) is 2.93. The summed E-state index contributed by atoms with van der Waals surface area (Å²) in [5.74, 6) is -1.03. The molecule has 2 heterocycles. The number of carboxylic acids is 1. The number of rotatable bonds is 3. The van der Waals surface area contributed by atoms with Crippen molar-refractivity contribution in [1.29, 1.82) is 5.26 Å². The van der Waals surface area contributed by atoms with Gasteiger partial charge in [0.2, 0.25) is 0 Å². The van der Waals surface area contributed by atoms with Crippen LogP contribution in [0.1, 0.15) is 25.1 Å². The molecule has 0 amide bonds. The van der Waals surface area contributed by atoms with Gasteiger partial charge in [0.25, 0.3) is 0 Å². The lowest BCUT2D eigenvalue weighted by Gasteiger charge is -2.43. The van der Waals surface area contributed by atoms with Crippen LogP contribution in [-0.2, 0) is 21.7 Å². The van der Waals surface area contributed by atoms with Crippen molar-refractivity contribution in [3.63, 3.8) is 0 Å². The minimum atomic E-state index is -1.03. The molecule has 0 bridgehead atoms. The molecule has 0 saturated heterocycles. The van der Waals surface area contributed by atoms with Crippen molar-refractivity contribution in [2.45, 2.75) is 26.0 Å². The van der Waals surface area contributed by atoms with Crippen LogP contribution in [0.4, 0.5) is 5.69 Å². The standard InChI is InChI=1S/C17H16N3O4/c1-17(2)13-7-11(3-5-15(13)20(23)10-24-17)14-6-4-12(8-18)19(14)9-16(21)22/h3-7H,9-10H2,1-2H3,(H,21,22)/q-1. The number of hydrogen-bond donors (Lipinski definition) is 1. The summed E-state index contributed by atoms with van der Waals surface area (Å²) < 4.78 is 7.02. The molecule has 1 aromatic carbocycles. The summed E-state index contributed by atoms with van der Waals surface area (Å²) in [5, 5.41) is 31.0. The Balaban J connectivity index is 2.14. The third-order valence-electron chi connectivity index (χ3n) is 4.14. The first-order valence-electron chi connectivity index (χ1n) is 7.38. The van der Waals surface area contributed by atoms with Gasteiger partial charge >= 0.3 is 5.97 Å². The van der Waals surface area contributed by atoms with Crippen LogP contribution in [0.2, 0.25) is 0 Å². The van der Waals surface area contributed by atoms with Crippen molar-refractivity contribution in [2.24, 2.45) is 0 Å². The molecule has 2 aromatic rings. The molecule has 0 spiro atoms. The highest BCUT2D eigenvalue weighted by atomic mass is 16.6. The number of ether oxygens (including phenoxy) is 1. The number of hydroxylamine groups is 1. The molecular formula is C17H16N3O4-. The molecule has 0 unspecified atom stereocenters. The number of carboxylic acid groups (broad SMARTS) is 1. The van der Waals surface area contributed by atoms with E-state index in [1.807, 2.05) is 26.0 Å². The number of benzene rings is 1. The fourth-order valence-electron chi connectivity index (χ4n) is 2.89. The normalized spacial score (nSPS) is 15.7. The monoisotopic (exact) mass is 326 g/mol. The Hall–Kier alpha value is -2.82. The molecule has 0 atom stereocenters. The molecule has 7 heteroatoms. The highest BCUT2D eigenvalue weighted by Gasteiger charge is 2.30. The molecule has 0 radical (unpaired) electrons. The summed E-state index contributed by atoms with van der Waals surface area (Å²) in [4.78, 5) is 11.1. The lowest BCUT2D eigenvalue weighted by atomic mass is 9.92. The number of nitrogens with zero attached hydrogens (tertiary/aromatic N) is 3. The Morgan fingerprint density at radius 2 is 2.17 bits per heavy atom. The van der Waals surface area contributed by atoms with E-state index in [4.69, 9.17) is 15.1 Å². The first-order chi connectivity index (χ1) is 11.3. The average molecular weight is 326 g/mol. The van der Waals surface area contributed by atoms with Crippen molar-refractivity contribution < 1.29 is 14.6 Å². The first kappa shape index (κ1) is 16.1. The van der Waals surface area contributed by atoms with E-state index in [0.717, 1.165) is 16.2 Å². The van der Waals surface area contributed by atoms with E-state index in [1.165, 1.54) is 4.57 Å². The van der Waals surface area contributed by atoms with E-state index < -0.39 is 11.6 Å². The van der Waals surface area contributed by atoms with Crippen molar-refractivity contribution in [2.75, 3.05) is 11.8 Å². The fraction of sp³-hybridized carbons (Fsp3) is 0.294. The van der Waals surface area contributed by atoms with Gasteiger partial charge in [-0.05, 0) is 43.7 Å². The largest absolute Gasteiger partial charge is 0.757 e. The van der Waals surface area contributed by atoms with Crippen molar-refractivity contribution in [3.05, 3.63) is 46.8 Å². The number of nitriles is 1. The Bertz CT molecular complexity index is 848. The van der Waals surface area contributed by atoms with Crippen molar-refractivity contribution in [1.82, 2.24) is 4.57 Å². The van der Waals surface area contributed by atoms with Gasteiger partial charge in [-0.15, -0.1) is 0 Å². The Kier molecular flexibility index (Phi) is 3.79. The van der Waals surface area contributed by atoms with Gasteiger partial charge in [-0.3, -0.25) is 4.79 Å². The van der Waals surface area contributed by atoms with Crippen LogP contribution in [0.15, 0.2) is 30.3 Å². The highest BCUT2D eigenvalue weighted by molar-refractivity contribution is 5.73. The fourth-order valence-corrected chi connectivity index (χ4v) is 2.89. The van der Waals surface area contributed by atoms with Gasteiger partial charge in [-0.25, -0.2) is 0 Å². The molecule has 1 aromatic heterocycles. The number of anilines is 1. The highest BCUT2D eigenvalue weighted by Crippen LogP contribution is 2.39. The predicted octanol–water partition coefficient (Wildman–Crippen LogP) is 2.64. The van der Waals surface area contributed by atoms with Crippen molar-refractivity contribution >= 4 is 11.7 Å². The van der Waals surface area contributed by atoms with Crippen molar-refractivity contribution in [3.8, 4) is 17.3 Å². The van der Waals surface area contributed by atoms with E-state index in [-0.39, 0.29) is 19.0 Å². The van der Waals surface area contributed by atoms with Crippen LogP contribution in [0.25, 0.3) is 11.3 Å². The Morgan fingerprint density at radius 3 is 2.83 bits per heavy atom. The first-order valence-corrected chi connectivity index (χ1v) is 7.38. The summed E-state index contributed by atoms with van der Waals surface area (Å²) in [6.07, 6.45) is 0. The maximum atomic E-state index is 11.9. The SMILES string of the molecule is CC1(C)OCN([O-])c2ccc(-c3ccc(C#N)n3CC(=O)O)cc21. The smallest absolute Gasteiger partial charge is 0.323 e. The molecule has 3 rings (SSSR count). The summed E-state index contributed by atoms with van der Waals surface area (Å²) in [5.41, 5.74) is 2.23. The third-order valence-corrected chi connectivity index (χ3v) is 4.14. The lowest BCUT2D eigenvalue weighted by molar-refractivity contribution is -0.137. The van der Waals surface area contributed by atoms with Crippen LogP contribution >= 0.6 is 0 Å². The topological polar surface area (TPSA) is 102 Å². The minimum absolute atomic E-state index is 0.0344. The molecule has 124 valence electrons. The maximum Gasteiger partial charge on any atom is 0.323 e. The predicted molar refractivity (Wildman–Crippen MR) is 87.0 cm³/mol. The molecule has 0 saturated carbocycles. The zero-order chi connectivity index (χ0) is 17.5. The number of aliphatic carboxylic acids is 1. The quantitative estimate of drug-likeness (QED) is 0.930. The molecule has 0 fully saturated rings. The Morgan fingerprint density at radius 1 is 1.42 bits per heavy atom. The molecule has 0 aliphatic carbocycles. The van der Waals surface area contributed by atoms with E-state index >= 15 is 0 Å². The van der Waals surface area contributed by atoms with Gasteiger partial charge in [-0.1, -0.05) is 6.07 Å². The van der Waals surface area contributed by atoms with Crippen LogP contribution in [0, 0.1) is 16.5 Å². The van der Waals surface area contributed by atoms with E-state index in [0.29, 0.717) is 11.4 Å². The van der Waals surface area contributed by atoms with Crippen LogP contribution in [0.5, 0.6) is 0 Å². The second kappa shape index (κ2) is 5.67. The number of fused-ring (bicyclic) bond motifs is 1. The molecule has 24 heavy (non-hydrogen) atoms.